The topological polar surface area (TPSA) is 87.6 Å². The Bertz CT molecular complexity index is 1160. The van der Waals surface area contributed by atoms with E-state index in [1.54, 1.807) is 23.9 Å². The van der Waals surface area contributed by atoms with E-state index in [2.05, 4.69) is 4.98 Å². The normalized spacial score (nSPS) is 21.0. The van der Waals surface area contributed by atoms with Crippen molar-refractivity contribution in [1.82, 2.24) is 4.98 Å². The fraction of sp³-hybridized carbons (Fsp3) is 0.304. The fourth-order valence-electron chi connectivity index (χ4n) is 4.40. The summed E-state index contributed by atoms with van der Waals surface area (Å²) in [7, 11) is 0. The number of imide groups is 1. The molecule has 1 aromatic heterocycles. The van der Waals surface area contributed by atoms with Gasteiger partial charge in [-0.05, 0) is 48.7 Å². The van der Waals surface area contributed by atoms with Gasteiger partial charge < -0.3 is 5.11 Å². The van der Waals surface area contributed by atoms with Gasteiger partial charge in [-0.2, -0.15) is 0 Å². The molecular weight excluding hydrogens is 432 g/mol. The number of thioether (sulfide) groups is 1. The number of carboxylic acid groups (broad SMARTS) is 1. The molecule has 31 heavy (non-hydrogen) atoms. The minimum absolute atomic E-state index is 0.0574. The van der Waals surface area contributed by atoms with E-state index in [1.807, 2.05) is 30.3 Å². The van der Waals surface area contributed by atoms with Crippen molar-refractivity contribution in [2.75, 3.05) is 4.90 Å². The number of hydrogen-bond acceptors (Lipinski definition) is 6. The van der Waals surface area contributed by atoms with Crippen molar-refractivity contribution in [2.24, 2.45) is 11.8 Å². The van der Waals surface area contributed by atoms with Crippen LogP contribution in [0, 0.1) is 11.8 Å². The first-order valence-corrected chi connectivity index (χ1v) is 12.0. The Morgan fingerprint density at radius 1 is 1.06 bits per heavy atom. The Hall–Kier alpha value is -2.71. The third-order valence-corrected chi connectivity index (χ3v) is 8.25. The maximum absolute atomic E-state index is 12.9. The second-order valence-corrected chi connectivity index (χ2v) is 10.2. The van der Waals surface area contributed by atoms with E-state index in [4.69, 9.17) is 5.11 Å². The average Bonchev–Trinajstić information content (AvgIpc) is 3.30. The Balaban J connectivity index is 1.34. The number of hydrogen-bond donors (Lipinski definition) is 1. The number of nitrogens with zero attached hydrogens (tertiary/aromatic N) is 2. The summed E-state index contributed by atoms with van der Waals surface area (Å²) in [6.45, 7) is 0. The predicted octanol–water partition coefficient (Wildman–Crippen LogP) is 4.97. The third kappa shape index (κ3) is 3.74. The minimum atomic E-state index is -0.935. The highest BCUT2D eigenvalue weighted by Crippen LogP contribution is 2.41. The molecule has 158 valence electrons. The Labute approximate surface area is 187 Å². The first-order chi connectivity index (χ1) is 15.0. The third-order valence-electron chi connectivity index (χ3n) is 6.01. The highest BCUT2D eigenvalue weighted by Gasteiger charge is 2.48. The molecule has 2 aliphatic rings. The zero-order chi connectivity index (χ0) is 21.5. The van der Waals surface area contributed by atoms with Crippen LogP contribution in [0.5, 0.6) is 0 Å². The molecule has 0 unspecified atom stereocenters. The van der Waals surface area contributed by atoms with E-state index in [0.29, 0.717) is 11.4 Å². The molecular formula is C23H20N2O4S2. The maximum Gasteiger partial charge on any atom is 0.335 e. The van der Waals surface area contributed by atoms with Gasteiger partial charge in [-0.3, -0.25) is 14.5 Å². The molecule has 5 rings (SSSR count). The van der Waals surface area contributed by atoms with Gasteiger partial charge in [-0.15, -0.1) is 11.3 Å². The highest BCUT2D eigenvalue weighted by molar-refractivity contribution is 8.00. The molecule has 2 amide bonds. The first-order valence-electron chi connectivity index (χ1n) is 10.2. The van der Waals surface area contributed by atoms with Crippen LogP contribution in [0.15, 0.2) is 46.8 Å². The van der Waals surface area contributed by atoms with Crippen LogP contribution in [0.1, 0.15) is 41.6 Å². The van der Waals surface area contributed by atoms with Gasteiger partial charge in [0.1, 0.15) is 0 Å². The summed E-state index contributed by atoms with van der Waals surface area (Å²) >= 11 is 3.12. The van der Waals surface area contributed by atoms with Crippen molar-refractivity contribution in [3.63, 3.8) is 0 Å². The SMILES string of the molecule is O=C(O)c1ccc(CSc2nc3ccc(N4C(=O)[C@@H]5CCCC[C@H]5C4=O)cc3s2)cc1. The molecule has 1 N–H and O–H groups in total. The lowest BCUT2D eigenvalue weighted by Crippen LogP contribution is -2.30. The van der Waals surface area contributed by atoms with Crippen LogP contribution in [0.2, 0.25) is 0 Å². The van der Waals surface area contributed by atoms with E-state index in [1.165, 1.54) is 16.2 Å². The number of thiazole rings is 1. The Morgan fingerprint density at radius 3 is 2.39 bits per heavy atom. The lowest BCUT2D eigenvalue weighted by atomic mass is 9.81. The number of amides is 2. The largest absolute Gasteiger partial charge is 0.478 e. The van der Waals surface area contributed by atoms with Crippen molar-refractivity contribution in [3.8, 4) is 0 Å². The number of carboxylic acids is 1. The number of aromatic nitrogens is 1. The molecule has 3 aromatic rings. The lowest BCUT2D eigenvalue weighted by molar-refractivity contribution is -0.122. The minimum Gasteiger partial charge on any atom is -0.478 e. The van der Waals surface area contributed by atoms with Crippen LogP contribution in [-0.4, -0.2) is 27.9 Å². The second kappa shape index (κ2) is 8.09. The smallest absolute Gasteiger partial charge is 0.335 e. The van der Waals surface area contributed by atoms with Crippen molar-refractivity contribution < 1.29 is 19.5 Å². The molecule has 2 heterocycles. The van der Waals surface area contributed by atoms with E-state index >= 15 is 0 Å². The summed E-state index contributed by atoms with van der Waals surface area (Å²) < 4.78 is 1.83. The zero-order valence-electron chi connectivity index (χ0n) is 16.6. The number of anilines is 1. The molecule has 6 nitrogen and oxygen atoms in total. The standard InChI is InChI=1S/C23H20N2O4S2/c26-20-16-3-1-2-4-17(16)21(27)25(20)15-9-10-18-19(11-15)31-23(24-18)30-12-13-5-7-14(8-6-13)22(28)29/h5-11,16-17H,1-4,12H2,(H,28,29)/t16-,17-/m1/s1. The summed E-state index contributed by atoms with van der Waals surface area (Å²) in [6.07, 6.45) is 3.65. The van der Waals surface area contributed by atoms with Crippen LogP contribution >= 0.6 is 23.1 Å². The van der Waals surface area contributed by atoms with Crippen molar-refractivity contribution in [1.29, 1.82) is 0 Å². The van der Waals surface area contributed by atoms with Gasteiger partial charge >= 0.3 is 5.97 Å². The average molecular weight is 453 g/mol. The Kier molecular flexibility index (Phi) is 5.27. The number of rotatable bonds is 5. The molecule has 2 fully saturated rings. The summed E-state index contributed by atoms with van der Waals surface area (Å²) in [6, 6.07) is 12.4. The van der Waals surface area contributed by atoms with Gasteiger partial charge in [-0.25, -0.2) is 9.78 Å². The van der Waals surface area contributed by atoms with E-state index < -0.39 is 5.97 Å². The highest BCUT2D eigenvalue weighted by atomic mass is 32.2. The summed E-state index contributed by atoms with van der Waals surface area (Å²) in [5, 5.41) is 9.00. The summed E-state index contributed by atoms with van der Waals surface area (Å²) in [4.78, 5) is 42.7. The molecule has 1 aliphatic carbocycles. The van der Waals surface area contributed by atoms with Crippen LogP contribution in [0.4, 0.5) is 5.69 Å². The number of aromatic carboxylic acids is 1. The molecule has 0 spiro atoms. The number of benzene rings is 2. The van der Waals surface area contributed by atoms with Crippen molar-refractivity contribution >= 4 is 56.8 Å². The van der Waals surface area contributed by atoms with E-state index in [0.717, 1.165) is 45.8 Å². The van der Waals surface area contributed by atoms with Crippen LogP contribution in [-0.2, 0) is 15.3 Å². The molecule has 8 heteroatoms. The van der Waals surface area contributed by atoms with Crippen molar-refractivity contribution in [3.05, 3.63) is 53.6 Å². The summed E-state index contributed by atoms with van der Waals surface area (Å²) in [5.74, 6) is -0.681. The molecule has 2 aromatic carbocycles. The molecule has 1 saturated carbocycles. The van der Waals surface area contributed by atoms with E-state index in [-0.39, 0.29) is 29.2 Å². The number of carbonyl (C=O) groups excluding carboxylic acids is 2. The number of carbonyl (C=O) groups is 3. The first kappa shape index (κ1) is 20.2. The lowest BCUT2D eigenvalue weighted by Gasteiger charge is -2.19. The fourth-order valence-corrected chi connectivity index (χ4v) is 6.46. The maximum atomic E-state index is 12.9. The van der Waals surface area contributed by atoms with E-state index in [9.17, 15) is 14.4 Å². The monoisotopic (exact) mass is 452 g/mol. The van der Waals surface area contributed by atoms with Gasteiger partial charge in [0.2, 0.25) is 11.8 Å². The Morgan fingerprint density at radius 2 is 1.74 bits per heavy atom. The van der Waals surface area contributed by atoms with Gasteiger partial charge in [0.25, 0.3) is 0 Å². The predicted molar refractivity (Wildman–Crippen MR) is 121 cm³/mol. The van der Waals surface area contributed by atoms with Crippen molar-refractivity contribution in [2.45, 2.75) is 35.8 Å². The zero-order valence-corrected chi connectivity index (χ0v) is 18.2. The number of fused-ring (bicyclic) bond motifs is 2. The molecule has 2 atom stereocenters. The van der Waals surface area contributed by atoms with Gasteiger partial charge in [0.05, 0.1) is 33.3 Å². The molecule has 1 saturated heterocycles. The van der Waals surface area contributed by atoms with Gasteiger partial charge in [-0.1, -0.05) is 36.7 Å². The van der Waals surface area contributed by atoms with Gasteiger partial charge in [0.15, 0.2) is 4.34 Å². The van der Waals surface area contributed by atoms with Crippen LogP contribution < -0.4 is 4.90 Å². The molecule has 0 radical (unpaired) electrons. The van der Waals surface area contributed by atoms with Gasteiger partial charge in [0, 0.05) is 5.75 Å². The second-order valence-electron chi connectivity index (χ2n) is 7.93. The molecule has 1 aliphatic heterocycles. The van der Waals surface area contributed by atoms with Crippen LogP contribution in [0.25, 0.3) is 10.2 Å². The summed E-state index contributed by atoms with van der Waals surface area (Å²) in [5.41, 5.74) is 2.77. The van der Waals surface area contributed by atoms with Crippen LogP contribution in [0.3, 0.4) is 0 Å². The quantitative estimate of drug-likeness (QED) is 0.435. The molecule has 0 bridgehead atoms.